The van der Waals surface area contributed by atoms with Crippen molar-refractivity contribution in [2.45, 2.75) is 27.2 Å². The third-order valence-electron chi connectivity index (χ3n) is 5.76. The lowest BCUT2D eigenvalue weighted by Gasteiger charge is -2.14. The highest BCUT2D eigenvalue weighted by Crippen LogP contribution is 2.42. The van der Waals surface area contributed by atoms with Gasteiger partial charge in [-0.25, -0.2) is 19.7 Å². The largest absolute Gasteiger partial charge is 0.465 e. The second-order valence-electron chi connectivity index (χ2n) is 8.19. The Labute approximate surface area is 206 Å². The molecule has 7 nitrogen and oxygen atoms in total. The number of aromatic nitrogens is 3. The number of hydrogen-bond donors (Lipinski definition) is 1. The van der Waals surface area contributed by atoms with E-state index in [1.54, 1.807) is 6.92 Å². The number of benzene rings is 2. The number of carbonyl (C=O) groups is 1. The molecule has 0 amide bonds. The van der Waals surface area contributed by atoms with Crippen LogP contribution in [0.5, 0.6) is 0 Å². The number of aryl methyl sites for hydroxylation is 3. The molecule has 0 aliphatic rings. The number of thiazole rings is 1. The third-order valence-corrected chi connectivity index (χ3v) is 6.82. The van der Waals surface area contributed by atoms with E-state index in [4.69, 9.17) is 19.1 Å². The molecule has 0 aliphatic carbocycles. The van der Waals surface area contributed by atoms with Gasteiger partial charge < -0.3 is 14.5 Å². The van der Waals surface area contributed by atoms with Crippen molar-refractivity contribution < 1.29 is 13.9 Å². The van der Waals surface area contributed by atoms with Crippen LogP contribution >= 0.6 is 11.3 Å². The fraction of sp³-hybridized carbons (Fsp3) is 0.185. The summed E-state index contributed by atoms with van der Waals surface area (Å²) in [5.41, 5.74) is 4.74. The lowest BCUT2D eigenvalue weighted by Crippen LogP contribution is -2.07. The number of nitrogens with one attached hydrogen (secondary N) is 1. The van der Waals surface area contributed by atoms with Crippen LogP contribution in [-0.2, 0) is 11.2 Å². The molecule has 0 aliphatic heterocycles. The van der Waals surface area contributed by atoms with Gasteiger partial charge in [0.1, 0.15) is 28.0 Å². The molecule has 0 radical (unpaired) electrons. The topological polar surface area (TPSA) is 90.1 Å². The second kappa shape index (κ2) is 9.31. The molecular weight excluding hydrogens is 460 g/mol. The van der Waals surface area contributed by atoms with E-state index in [1.165, 1.54) is 18.4 Å². The van der Waals surface area contributed by atoms with Gasteiger partial charge in [0.2, 0.25) is 5.88 Å². The first kappa shape index (κ1) is 22.7. The number of carbonyl (C=O) groups excluding carboxylic acids is 1. The van der Waals surface area contributed by atoms with Crippen LogP contribution < -0.4 is 5.32 Å². The lowest BCUT2D eigenvalue weighted by atomic mass is 10.0. The van der Waals surface area contributed by atoms with E-state index >= 15 is 0 Å². The molecule has 2 aromatic carbocycles. The smallest absolute Gasteiger partial charge is 0.342 e. The zero-order valence-corrected chi connectivity index (χ0v) is 20.7. The maximum absolute atomic E-state index is 12.8. The van der Waals surface area contributed by atoms with Crippen LogP contribution in [0.1, 0.15) is 38.8 Å². The summed E-state index contributed by atoms with van der Waals surface area (Å²) in [6.45, 7) is 5.57. The third kappa shape index (κ3) is 4.40. The lowest BCUT2D eigenvalue weighted by molar-refractivity contribution is 0.0599. The number of para-hydroxylation sites is 1. The van der Waals surface area contributed by atoms with Gasteiger partial charge in [0, 0.05) is 17.7 Å². The number of furan rings is 1. The van der Waals surface area contributed by atoms with Gasteiger partial charge in [-0.1, -0.05) is 42.5 Å². The molecule has 0 unspecified atom stereocenters. The fourth-order valence-corrected chi connectivity index (χ4v) is 5.14. The van der Waals surface area contributed by atoms with Crippen molar-refractivity contribution in [3.63, 3.8) is 0 Å². The SMILES string of the molecule is COC(=O)c1c(C)oc(Nc2nc(C)nc(C)c2Cc2ccccc2)c1-c1nc2ccccc2s1. The normalized spacial score (nSPS) is 11.1. The summed E-state index contributed by atoms with van der Waals surface area (Å²) in [7, 11) is 1.36. The van der Waals surface area contributed by atoms with Gasteiger partial charge in [-0.3, -0.25) is 0 Å². The quantitative estimate of drug-likeness (QED) is 0.279. The molecule has 0 fully saturated rings. The number of ether oxygens (including phenoxy) is 1. The molecule has 0 saturated heterocycles. The van der Waals surface area contributed by atoms with Gasteiger partial charge in [0.05, 0.1) is 22.9 Å². The Balaban J connectivity index is 1.65. The van der Waals surface area contributed by atoms with Crippen LogP contribution in [0.2, 0.25) is 0 Å². The van der Waals surface area contributed by atoms with Crippen molar-refractivity contribution in [1.82, 2.24) is 15.0 Å². The molecule has 5 aromatic rings. The average molecular weight is 485 g/mol. The Morgan fingerprint density at radius 3 is 2.49 bits per heavy atom. The van der Waals surface area contributed by atoms with E-state index in [0.29, 0.717) is 45.8 Å². The highest BCUT2D eigenvalue weighted by molar-refractivity contribution is 7.21. The molecule has 5 rings (SSSR count). The predicted molar refractivity (Wildman–Crippen MR) is 137 cm³/mol. The Morgan fingerprint density at radius 1 is 1.00 bits per heavy atom. The average Bonchev–Trinajstić information content (AvgIpc) is 3.41. The summed E-state index contributed by atoms with van der Waals surface area (Å²) in [6, 6.07) is 18.0. The van der Waals surface area contributed by atoms with Crippen molar-refractivity contribution in [3.05, 3.63) is 88.6 Å². The summed E-state index contributed by atoms with van der Waals surface area (Å²) in [6.07, 6.45) is 0.648. The summed E-state index contributed by atoms with van der Waals surface area (Å²) in [4.78, 5) is 26.8. The molecule has 0 spiro atoms. The van der Waals surface area contributed by atoms with Crippen LogP contribution in [0, 0.1) is 20.8 Å². The molecule has 35 heavy (non-hydrogen) atoms. The minimum atomic E-state index is -0.479. The molecule has 8 heteroatoms. The van der Waals surface area contributed by atoms with E-state index in [9.17, 15) is 4.79 Å². The number of fused-ring (bicyclic) bond motifs is 1. The summed E-state index contributed by atoms with van der Waals surface area (Å²) in [5.74, 6) is 1.63. The second-order valence-corrected chi connectivity index (χ2v) is 9.22. The Bertz CT molecular complexity index is 1510. The zero-order chi connectivity index (χ0) is 24.5. The van der Waals surface area contributed by atoms with Crippen molar-refractivity contribution >= 4 is 39.2 Å². The fourth-order valence-electron chi connectivity index (χ4n) is 4.12. The minimum Gasteiger partial charge on any atom is -0.465 e. The van der Waals surface area contributed by atoms with Crippen LogP contribution in [0.25, 0.3) is 20.8 Å². The van der Waals surface area contributed by atoms with Gasteiger partial charge in [-0.2, -0.15) is 0 Å². The molecular formula is C27H24N4O3S. The van der Waals surface area contributed by atoms with Gasteiger partial charge >= 0.3 is 5.97 Å². The van der Waals surface area contributed by atoms with Gasteiger partial charge in [-0.15, -0.1) is 11.3 Å². The van der Waals surface area contributed by atoms with Gasteiger partial charge in [0.15, 0.2) is 0 Å². The summed E-state index contributed by atoms with van der Waals surface area (Å²) < 4.78 is 12.2. The van der Waals surface area contributed by atoms with Gasteiger partial charge in [-0.05, 0) is 38.5 Å². The molecule has 0 atom stereocenters. The number of esters is 1. The monoisotopic (exact) mass is 484 g/mol. The van der Waals surface area contributed by atoms with Crippen LogP contribution in [0.15, 0.2) is 59.0 Å². The van der Waals surface area contributed by atoms with Crippen LogP contribution in [0.3, 0.4) is 0 Å². The number of rotatable bonds is 6. The molecule has 0 saturated carbocycles. The first-order valence-corrected chi connectivity index (χ1v) is 12.0. The first-order chi connectivity index (χ1) is 16.9. The molecule has 0 bridgehead atoms. The van der Waals surface area contributed by atoms with Crippen molar-refractivity contribution in [1.29, 1.82) is 0 Å². The molecule has 3 aromatic heterocycles. The molecule has 3 heterocycles. The molecule has 176 valence electrons. The van der Waals surface area contributed by atoms with E-state index in [-0.39, 0.29) is 0 Å². The number of anilines is 2. The van der Waals surface area contributed by atoms with E-state index in [2.05, 4.69) is 22.4 Å². The number of methoxy groups -OCH3 is 1. The predicted octanol–water partition coefficient (Wildman–Crippen LogP) is 6.39. The number of nitrogens with zero attached hydrogens (tertiary/aromatic N) is 3. The Kier molecular flexibility index (Phi) is 6.05. The standard InChI is InChI=1S/C27H24N4O3S/c1-15-19(14-18-10-6-5-7-11-18)24(29-17(3)28-15)31-25-23(22(16(2)34-25)27(32)33-4)26-30-20-12-8-9-13-21(20)35-26/h5-13H,14H2,1-4H3,(H,28,29,31). The Hall–Kier alpha value is -4.04. The van der Waals surface area contributed by atoms with E-state index in [0.717, 1.165) is 27.0 Å². The van der Waals surface area contributed by atoms with Crippen molar-refractivity contribution in [2.75, 3.05) is 12.4 Å². The molecule has 1 N–H and O–H groups in total. The van der Waals surface area contributed by atoms with Crippen molar-refractivity contribution in [3.8, 4) is 10.6 Å². The van der Waals surface area contributed by atoms with Gasteiger partial charge in [0.25, 0.3) is 0 Å². The summed E-state index contributed by atoms with van der Waals surface area (Å²) in [5, 5.41) is 4.03. The number of hydrogen-bond acceptors (Lipinski definition) is 8. The zero-order valence-electron chi connectivity index (χ0n) is 19.9. The highest BCUT2D eigenvalue weighted by atomic mass is 32.1. The Morgan fingerprint density at radius 2 is 1.74 bits per heavy atom. The van der Waals surface area contributed by atoms with E-state index in [1.807, 2.05) is 56.3 Å². The van der Waals surface area contributed by atoms with Crippen LogP contribution in [-0.4, -0.2) is 28.0 Å². The van der Waals surface area contributed by atoms with E-state index < -0.39 is 5.97 Å². The summed E-state index contributed by atoms with van der Waals surface area (Å²) >= 11 is 1.49. The maximum atomic E-state index is 12.8. The van der Waals surface area contributed by atoms with Crippen molar-refractivity contribution in [2.24, 2.45) is 0 Å². The first-order valence-electron chi connectivity index (χ1n) is 11.2. The maximum Gasteiger partial charge on any atom is 0.342 e. The minimum absolute atomic E-state index is 0.348. The highest BCUT2D eigenvalue weighted by Gasteiger charge is 2.29. The van der Waals surface area contributed by atoms with Crippen LogP contribution in [0.4, 0.5) is 11.7 Å².